The minimum Gasteiger partial charge on any atom is -0.290 e. The second-order valence-corrected chi connectivity index (χ2v) is 7.81. The van der Waals surface area contributed by atoms with Gasteiger partial charge >= 0.3 is 0 Å². The van der Waals surface area contributed by atoms with Crippen LogP contribution >= 0.6 is 7.44 Å². The third kappa shape index (κ3) is 4.82. The van der Waals surface area contributed by atoms with Crippen LogP contribution in [-0.2, 0) is 4.57 Å². The number of nitrogens with one attached hydrogen (secondary N) is 2. The van der Waals surface area contributed by atoms with Gasteiger partial charge in [0.05, 0.1) is 0 Å². The van der Waals surface area contributed by atoms with Crippen LogP contribution in [-0.4, -0.2) is 6.66 Å². The van der Waals surface area contributed by atoms with E-state index in [1.807, 2.05) is 74.5 Å². The first-order chi connectivity index (χ1) is 9.98. The first kappa shape index (κ1) is 16.0. The Hall–Kier alpha value is -1.41. The fraction of sp³-hybridized carbons (Fsp3) is 0.294. The van der Waals surface area contributed by atoms with Gasteiger partial charge in [0.25, 0.3) is 0 Å². The molecule has 21 heavy (non-hydrogen) atoms. The topological polar surface area (TPSA) is 41.1 Å². The molecule has 0 aliphatic carbocycles. The van der Waals surface area contributed by atoms with Gasteiger partial charge in [-0.1, -0.05) is 60.7 Å². The normalized spacial score (nSPS) is 16.9. The van der Waals surface area contributed by atoms with E-state index in [0.29, 0.717) is 0 Å². The van der Waals surface area contributed by atoms with Crippen molar-refractivity contribution in [3.8, 4) is 0 Å². The Bertz CT molecular complexity index is 549. The standard InChI is InChI=1S/C17H23N2OP/c1-14(16-10-6-4-7-11-16)18-21(3,20)19-15(2)17-12-8-5-9-13-17/h4-15H,1-3H3,(H2,18,19,20). The quantitative estimate of drug-likeness (QED) is 0.771. The van der Waals surface area contributed by atoms with E-state index in [-0.39, 0.29) is 12.1 Å². The van der Waals surface area contributed by atoms with Crippen molar-refractivity contribution in [1.29, 1.82) is 0 Å². The van der Waals surface area contributed by atoms with Crippen LogP contribution < -0.4 is 10.2 Å². The number of hydrogen-bond acceptors (Lipinski definition) is 1. The third-order valence-electron chi connectivity index (χ3n) is 3.48. The maximum atomic E-state index is 12.8. The lowest BCUT2D eigenvalue weighted by Gasteiger charge is -2.25. The lowest BCUT2D eigenvalue weighted by Crippen LogP contribution is -2.26. The van der Waals surface area contributed by atoms with Crippen molar-refractivity contribution in [1.82, 2.24) is 10.2 Å². The molecule has 4 heteroatoms. The van der Waals surface area contributed by atoms with Crippen LogP contribution in [0.1, 0.15) is 37.1 Å². The van der Waals surface area contributed by atoms with Gasteiger partial charge in [-0.15, -0.1) is 0 Å². The van der Waals surface area contributed by atoms with Crippen molar-refractivity contribution in [3.05, 3.63) is 71.8 Å². The molecule has 0 aromatic heterocycles. The van der Waals surface area contributed by atoms with Gasteiger partial charge in [-0.25, -0.2) is 10.2 Å². The summed E-state index contributed by atoms with van der Waals surface area (Å²) < 4.78 is 12.8. The molecule has 0 bridgehead atoms. The highest BCUT2D eigenvalue weighted by molar-refractivity contribution is 7.59. The van der Waals surface area contributed by atoms with Crippen LogP contribution in [0, 0.1) is 0 Å². The molecule has 2 aromatic rings. The Morgan fingerprint density at radius 1 is 0.762 bits per heavy atom. The molecule has 2 N–H and O–H groups in total. The third-order valence-corrected chi connectivity index (χ3v) is 5.24. The minimum atomic E-state index is -2.64. The van der Waals surface area contributed by atoms with Crippen LogP contribution in [0.15, 0.2) is 60.7 Å². The molecule has 2 aromatic carbocycles. The average Bonchev–Trinajstić information content (AvgIpc) is 2.48. The van der Waals surface area contributed by atoms with E-state index in [0.717, 1.165) is 11.1 Å². The van der Waals surface area contributed by atoms with Crippen LogP contribution in [0.25, 0.3) is 0 Å². The van der Waals surface area contributed by atoms with Crippen molar-refractivity contribution in [2.75, 3.05) is 6.66 Å². The summed E-state index contributed by atoms with van der Waals surface area (Å²) in [5, 5.41) is 6.44. The van der Waals surface area contributed by atoms with Crippen LogP contribution in [0.3, 0.4) is 0 Å². The van der Waals surface area contributed by atoms with Crippen molar-refractivity contribution in [3.63, 3.8) is 0 Å². The zero-order chi connectivity index (χ0) is 15.3. The van der Waals surface area contributed by atoms with E-state index >= 15 is 0 Å². The van der Waals surface area contributed by atoms with Gasteiger partial charge in [0.1, 0.15) is 0 Å². The highest BCUT2D eigenvalue weighted by Crippen LogP contribution is 2.37. The molecule has 0 spiro atoms. The average molecular weight is 302 g/mol. The molecule has 2 atom stereocenters. The second kappa shape index (κ2) is 7.04. The van der Waals surface area contributed by atoms with Gasteiger partial charge in [-0.05, 0) is 25.0 Å². The summed E-state index contributed by atoms with van der Waals surface area (Å²) in [5.74, 6) is 0. The molecule has 0 heterocycles. The van der Waals surface area contributed by atoms with E-state index in [2.05, 4.69) is 10.2 Å². The summed E-state index contributed by atoms with van der Waals surface area (Å²) in [6, 6.07) is 20.2. The zero-order valence-electron chi connectivity index (χ0n) is 12.8. The van der Waals surface area contributed by atoms with E-state index in [1.165, 1.54) is 0 Å². The molecular formula is C17H23N2OP. The Labute approximate surface area is 127 Å². The monoisotopic (exact) mass is 302 g/mol. The first-order valence-corrected chi connectivity index (χ1v) is 9.36. The van der Waals surface area contributed by atoms with E-state index in [9.17, 15) is 4.57 Å². The largest absolute Gasteiger partial charge is 0.290 e. The molecule has 0 radical (unpaired) electrons. The highest BCUT2D eigenvalue weighted by Gasteiger charge is 2.21. The summed E-state index contributed by atoms with van der Waals surface area (Å²) in [6.45, 7) is 5.80. The maximum Gasteiger partial charge on any atom is 0.209 e. The Kier molecular flexibility index (Phi) is 5.35. The van der Waals surface area contributed by atoms with Gasteiger partial charge < -0.3 is 0 Å². The first-order valence-electron chi connectivity index (χ1n) is 7.21. The van der Waals surface area contributed by atoms with Crippen molar-refractivity contribution in [2.45, 2.75) is 25.9 Å². The van der Waals surface area contributed by atoms with Crippen LogP contribution in [0.4, 0.5) is 0 Å². The van der Waals surface area contributed by atoms with Gasteiger partial charge in [-0.3, -0.25) is 4.57 Å². The van der Waals surface area contributed by atoms with Crippen molar-refractivity contribution >= 4 is 7.44 Å². The summed E-state index contributed by atoms with van der Waals surface area (Å²) in [5.41, 5.74) is 2.27. The lowest BCUT2D eigenvalue weighted by molar-refractivity contribution is 0.535. The van der Waals surface area contributed by atoms with E-state index in [1.54, 1.807) is 6.66 Å². The molecule has 0 saturated heterocycles. The molecular weight excluding hydrogens is 279 g/mol. The van der Waals surface area contributed by atoms with Gasteiger partial charge in [0.15, 0.2) is 0 Å². The van der Waals surface area contributed by atoms with Crippen molar-refractivity contribution in [2.24, 2.45) is 0 Å². The summed E-state index contributed by atoms with van der Waals surface area (Å²) in [7, 11) is -2.64. The van der Waals surface area contributed by atoms with Crippen molar-refractivity contribution < 1.29 is 4.57 Å². The van der Waals surface area contributed by atoms with Gasteiger partial charge in [0.2, 0.25) is 7.44 Å². The minimum absolute atomic E-state index is 0.0394. The summed E-state index contributed by atoms with van der Waals surface area (Å²) in [4.78, 5) is 0. The molecule has 2 rings (SSSR count). The van der Waals surface area contributed by atoms with Crippen LogP contribution in [0.5, 0.6) is 0 Å². The predicted octanol–water partition coefficient (Wildman–Crippen LogP) is 4.51. The Morgan fingerprint density at radius 2 is 1.10 bits per heavy atom. The highest BCUT2D eigenvalue weighted by atomic mass is 31.2. The smallest absolute Gasteiger partial charge is 0.209 e. The SMILES string of the molecule is CC(NP(C)(=O)NC(C)c1ccccc1)c1ccccc1. The summed E-state index contributed by atoms with van der Waals surface area (Å²) in [6.07, 6.45) is 0. The summed E-state index contributed by atoms with van der Waals surface area (Å²) >= 11 is 0. The number of rotatable bonds is 6. The molecule has 0 fully saturated rings. The van der Waals surface area contributed by atoms with E-state index < -0.39 is 7.44 Å². The predicted molar refractivity (Wildman–Crippen MR) is 89.5 cm³/mol. The Balaban J connectivity index is 2.00. The van der Waals surface area contributed by atoms with Gasteiger partial charge in [0, 0.05) is 18.7 Å². The van der Waals surface area contributed by atoms with Crippen LogP contribution in [0.2, 0.25) is 0 Å². The fourth-order valence-corrected chi connectivity index (χ4v) is 4.26. The molecule has 112 valence electrons. The maximum absolute atomic E-state index is 12.8. The Morgan fingerprint density at radius 3 is 1.43 bits per heavy atom. The molecule has 0 aliphatic rings. The van der Waals surface area contributed by atoms with E-state index in [4.69, 9.17) is 0 Å². The second-order valence-electron chi connectivity index (χ2n) is 5.45. The molecule has 0 saturated carbocycles. The molecule has 0 amide bonds. The van der Waals surface area contributed by atoms with Gasteiger partial charge in [-0.2, -0.15) is 0 Å². The fourth-order valence-electron chi connectivity index (χ4n) is 2.41. The number of hydrogen-bond donors (Lipinski definition) is 2. The molecule has 2 unspecified atom stereocenters. The lowest BCUT2D eigenvalue weighted by atomic mass is 10.1. The molecule has 3 nitrogen and oxygen atoms in total. The zero-order valence-corrected chi connectivity index (χ0v) is 13.7. The number of benzene rings is 2. The molecule has 0 aliphatic heterocycles.